The third kappa shape index (κ3) is 7.80. The molecule has 1 saturated heterocycles. The molecule has 7 rings (SSSR count). The van der Waals surface area contributed by atoms with Gasteiger partial charge in [-0.05, 0) is 68.3 Å². The molecule has 0 spiro atoms. The predicted octanol–water partition coefficient (Wildman–Crippen LogP) is 5.69. The maximum Gasteiger partial charge on any atom is 0.241 e. The van der Waals surface area contributed by atoms with E-state index in [1.165, 1.54) is 5.57 Å². The third-order valence-corrected chi connectivity index (χ3v) is 10.6. The number of anilines is 1. The van der Waals surface area contributed by atoms with Gasteiger partial charge in [0.15, 0.2) is 5.82 Å². The van der Waals surface area contributed by atoms with Crippen LogP contribution in [0.3, 0.4) is 0 Å². The SMILES string of the molecule is CS[C@@]1(C(=O)Nc2ccc3[nH]nc(-c4ccc(OC(C)C)nc4)c3c2)CCN(CC(=O)N2CC=C(c3ccc(-c4ncn(C)n4)cc3)CC2)C1.Cl. The summed E-state index contributed by atoms with van der Waals surface area (Å²) >= 11 is 1.55. The van der Waals surface area contributed by atoms with Crippen molar-refractivity contribution >= 4 is 58.1 Å². The van der Waals surface area contributed by atoms with E-state index in [2.05, 4.69) is 53.7 Å². The lowest BCUT2D eigenvalue weighted by atomic mass is 9.98. The largest absolute Gasteiger partial charge is 0.475 e. The number of nitrogens with zero attached hydrogens (tertiary/aromatic N) is 7. The molecule has 0 saturated carbocycles. The van der Waals surface area contributed by atoms with Crippen molar-refractivity contribution in [1.29, 1.82) is 0 Å². The summed E-state index contributed by atoms with van der Waals surface area (Å²) in [5.41, 5.74) is 6.52. The number of H-pyrrole nitrogens is 1. The Kier molecular flexibility index (Phi) is 10.8. The predicted molar refractivity (Wildman–Crippen MR) is 204 cm³/mol. The van der Waals surface area contributed by atoms with Crippen LogP contribution in [0.4, 0.5) is 5.69 Å². The van der Waals surface area contributed by atoms with Crippen LogP contribution in [-0.4, -0.2) is 101 Å². The summed E-state index contributed by atoms with van der Waals surface area (Å²) in [6, 6.07) is 17.8. The molecule has 51 heavy (non-hydrogen) atoms. The van der Waals surface area contributed by atoms with Crippen molar-refractivity contribution in [3.8, 4) is 28.5 Å². The van der Waals surface area contributed by atoms with Crippen LogP contribution in [0, 0.1) is 0 Å². The number of aromatic amines is 1. The first-order valence-electron chi connectivity index (χ1n) is 16.8. The third-order valence-electron chi connectivity index (χ3n) is 9.34. The van der Waals surface area contributed by atoms with E-state index >= 15 is 0 Å². The molecular weight excluding hydrogens is 686 g/mol. The Morgan fingerprint density at radius 1 is 1.04 bits per heavy atom. The highest BCUT2D eigenvalue weighted by Gasteiger charge is 2.44. The van der Waals surface area contributed by atoms with Gasteiger partial charge in [0.2, 0.25) is 17.7 Å². The molecule has 0 bridgehead atoms. The Labute approximate surface area is 307 Å². The van der Waals surface area contributed by atoms with Crippen LogP contribution in [0.25, 0.3) is 39.1 Å². The second-order valence-electron chi connectivity index (χ2n) is 13.1. The fraction of sp³-hybridized carbons (Fsp3) is 0.351. The molecule has 2 aliphatic rings. The quantitative estimate of drug-likeness (QED) is 0.186. The molecule has 0 radical (unpaired) electrons. The van der Waals surface area contributed by atoms with Crippen LogP contribution in [0.5, 0.6) is 5.88 Å². The molecule has 266 valence electrons. The number of likely N-dealkylation sites (tertiary alicyclic amines) is 1. The van der Waals surface area contributed by atoms with Crippen LogP contribution in [0.2, 0.25) is 0 Å². The lowest BCUT2D eigenvalue weighted by Gasteiger charge is -2.29. The first kappa shape index (κ1) is 36.1. The number of halogens is 1. The van der Waals surface area contributed by atoms with Gasteiger partial charge in [0, 0.05) is 67.7 Å². The summed E-state index contributed by atoms with van der Waals surface area (Å²) < 4.78 is 6.72. The average molecular weight is 728 g/mol. The van der Waals surface area contributed by atoms with E-state index in [9.17, 15) is 9.59 Å². The number of benzene rings is 2. The van der Waals surface area contributed by atoms with Gasteiger partial charge in [0.25, 0.3) is 0 Å². The van der Waals surface area contributed by atoms with Crippen LogP contribution in [0.1, 0.15) is 32.3 Å². The maximum atomic E-state index is 13.8. The van der Waals surface area contributed by atoms with E-state index in [0.717, 1.165) is 39.7 Å². The minimum absolute atomic E-state index is 0. The number of ether oxygens (including phenoxy) is 1. The van der Waals surface area contributed by atoms with Crippen molar-refractivity contribution in [3.63, 3.8) is 0 Å². The first-order chi connectivity index (χ1) is 24.2. The highest BCUT2D eigenvalue weighted by molar-refractivity contribution is 8.00. The standard InChI is InChI=1S/C37H41N9O3S.ClH/c1-24(2)49-32-12-9-28(20-38-32)34-30-19-29(10-11-31(30)41-42-34)40-36(48)37(50-4)15-18-45(22-37)21-33(47)46-16-13-26(14-17-46)25-5-7-27(8-6-25)35-39-23-44(3)43-35;/h5-13,19-20,23-24H,14-18,21-22H2,1-4H3,(H,40,48)(H,41,42);1H/t37-;/m0./s1. The van der Waals surface area contributed by atoms with E-state index < -0.39 is 4.75 Å². The number of aryl methyl sites for hydroxylation is 1. The zero-order chi connectivity index (χ0) is 34.8. The van der Waals surface area contributed by atoms with Crippen molar-refractivity contribution < 1.29 is 14.3 Å². The highest BCUT2D eigenvalue weighted by Crippen LogP contribution is 2.36. The van der Waals surface area contributed by atoms with Crippen LogP contribution in [0.15, 0.2) is 73.2 Å². The molecule has 2 amide bonds. The first-order valence-corrected chi connectivity index (χ1v) is 18.1. The number of carbonyl (C=O) groups excluding carboxylic acids is 2. The van der Waals surface area contributed by atoms with Gasteiger partial charge < -0.3 is 15.0 Å². The molecule has 1 fully saturated rings. The number of aromatic nitrogens is 6. The summed E-state index contributed by atoms with van der Waals surface area (Å²) in [5, 5.41) is 16.0. The number of fused-ring (bicyclic) bond motifs is 1. The monoisotopic (exact) mass is 727 g/mol. The summed E-state index contributed by atoms with van der Waals surface area (Å²) in [6.07, 6.45) is 9.05. The summed E-state index contributed by atoms with van der Waals surface area (Å²) in [5.74, 6) is 1.30. The zero-order valence-electron chi connectivity index (χ0n) is 29.1. The number of pyridine rings is 1. The van der Waals surface area contributed by atoms with Crippen molar-refractivity contribution in [3.05, 3.63) is 78.8 Å². The van der Waals surface area contributed by atoms with Gasteiger partial charge in [-0.2, -0.15) is 10.2 Å². The second kappa shape index (κ2) is 15.3. The Bertz CT molecular complexity index is 2040. The minimum Gasteiger partial charge on any atom is -0.475 e. The van der Waals surface area contributed by atoms with Gasteiger partial charge in [-0.15, -0.1) is 24.2 Å². The zero-order valence-corrected chi connectivity index (χ0v) is 30.8. The van der Waals surface area contributed by atoms with Crippen molar-refractivity contribution in [1.82, 2.24) is 39.7 Å². The van der Waals surface area contributed by atoms with Crippen molar-refractivity contribution in [2.24, 2.45) is 7.05 Å². The summed E-state index contributed by atoms with van der Waals surface area (Å²) in [7, 11) is 1.86. The lowest BCUT2D eigenvalue weighted by Crippen LogP contribution is -2.45. The number of hydrogen-bond acceptors (Lipinski definition) is 9. The molecule has 1 atom stereocenters. The second-order valence-corrected chi connectivity index (χ2v) is 14.3. The summed E-state index contributed by atoms with van der Waals surface area (Å²) in [4.78, 5) is 40.0. The van der Waals surface area contributed by atoms with E-state index in [0.29, 0.717) is 56.5 Å². The Morgan fingerprint density at radius 3 is 2.49 bits per heavy atom. The van der Waals surface area contributed by atoms with Crippen LogP contribution < -0.4 is 10.1 Å². The molecule has 3 aromatic heterocycles. The van der Waals surface area contributed by atoms with Gasteiger partial charge in [0.05, 0.1) is 18.2 Å². The van der Waals surface area contributed by atoms with E-state index in [-0.39, 0.29) is 30.3 Å². The summed E-state index contributed by atoms with van der Waals surface area (Å²) in [6.45, 7) is 6.65. The Morgan fingerprint density at radius 2 is 1.82 bits per heavy atom. The lowest BCUT2D eigenvalue weighted by molar-refractivity contribution is -0.132. The van der Waals surface area contributed by atoms with Gasteiger partial charge >= 0.3 is 0 Å². The van der Waals surface area contributed by atoms with Gasteiger partial charge in [-0.3, -0.25) is 24.3 Å². The van der Waals surface area contributed by atoms with Gasteiger partial charge in [-0.1, -0.05) is 30.3 Å². The highest BCUT2D eigenvalue weighted by atomic mass is 35.5. The molecule has 2 N–H and O–H groups in total. The molecule has 2 aromatic carbocycles. The number of hydrogen-bond donors (Lipinski definition) is 2. The Balaban J connectivity index is 0.00000448. The van der Waals surface area contributed by atoms with E-state index in [1.54, 1.807) is 29.0 Å². The molecule has 5 aromatic rings. The van der Waals surface area contributed by atoms with Gasteiger partial charge in [0.1, 0.15) is 16.8 Å². The topological polar surface area (TPSA) is 134 Å². The number of carbonyl (C=O) groups is 2. The number of rotatable bonds is 10. The molecule has 14 heteroatoms. The van der Waals surface area contributed by atoms with Crippen LogP contribution in [-0.2, 0) is 16.6 Å². The number of amides is 2. The maximum absolute atomic E-state index is 13.8. The molecule has 0 aliphatic carbocycles. The minimum atomic E-state index is -0.656. The van der Waals surface area contributed by atoms with E-state index in [1.807, 2.05) is 74.5 Å². The number of thioether (sulfide) groups is 1. The molecule has 5 heterocycles. The molecule has 12 nitrogen and oxygen atoms in total. The van der Waals surface area contributed by atoms with Crippen molar-refractivity contribution in [2.75, 3.05) is 44.3 Å². The smallest absolute Gasteiger partial charge is 0.241 e. The van der Waals surface area contributed by atoms with Crippen LogP contribution >= 0.6 is 24.2 Å². The van der Waals surface area contributed by atoms with E-state index in [4.69, 9.17) is 4.74 Å². The van der Waals surface area contributed by atoms with Crippen molar-refractivity contribution in [2.45, 2.75) is 37.5 Å². The fourth-order valence-electron chi connectivity index (χ4n) is 6.58. The molecular formula is C37H42ClN9O3S. The molecule has 2 aliphatic heterocycles. The van der Waals surface area contributed by atoms with Gasteiger partial charge in [-0.25, -0.2) is 9.97 Å². The number of nitrogens with one attached hydrogen (secondary N) is 2. The normalized spacial score (nSPS) is 17.7. The molecule has 0 unspecified atom stereocenters. The Hall–Kier alpha value is -4.72. The fourth-order valence-corrected chi connectivity index (χ4v) is 7.42. The average Bonchev–Trinajstić information content (AvgIpc) is 3.87.